The molecule has 0 saturated carbocycles. The number of nitrogens with zero attached hydrogens (tertiary/aromatic N) is 2. The molecule has 0 amide bonds. The van der Waals surface area contributed by atoms with E-state index in [-0.39, 0.29) is 5.82 Å². The Bertz CT molecular complexity index is 710. The van der Waals surface area contributed by atoms with E-state index in [0.29, 0.717) is 24.4 Å². The average Bonchev–Trinajstić information content (AvgIpc) is 3.00. The van der Waals surface area contributed by atoms with E-state index in [0.717, 1.165) is 5.69 Å². The summed E-state index contributed by atoms with van der Waals surface area (Å²) in [6.07, 6.45) is 2.96. The highest BCUT2D eigenvalue weighted by Gasteiger charge is 2.13. The van der Waals surface area contributed by atoms with Crippen LogP contribution in [-0.4, -0.2) is 17.8 Å². The van der Waals surface area contributed by atoms with Crippen molar-refractivity contribution in [2.75, 3.05) is 13.2 Å². The van der Waals surface area contributed by atoms with Crippen LogP contribution in [0.1, 0.15) is 31.5 Å². The molecule has 0 radical (unpaired) electrons. The number of allylic oxidation sites excluding steroid dienone is 1. The van der Waals surface area contributed by atoms with E-state index in [1.54, 1.807) is 22.8 Å². The van der Waals surface area contributed by atoms with Crippen LogP contribution in [0.4, 0.5) is 4.39 Å². The molecule has 0 atom stereocenters. The third-order valence-corrected chi connectivity index (χ3v) is 3.21. The van der Waals surface area contributed by atoms with Crippen molar-refractivity contribution in [1.29, 1.82) is 5.26 Å². The lowest BCUT2D eigenvalue weighted by Crippen LogP contribution is -2.17. The normalized spacial score (nSPS) is 11.7. The second-order valence-electron chi connectivity index (χ2n) is 4.74. The van der Waals surface area contributed by atoms with Crippen molar-refractivity contribution in [3.63, 3.8) is 0 Å². The van der Waals surface area contributed by atoms with Gasteiger partial charge in [0.15, 0.2) is 0 Å². The molecule has 23 heavy (non-hydrogen) atoms. The fourth-order valence-corrected chi connectivity index (χ4v) is 2.20. The van der Waals surface area contributed by atoms with Gasteiger partial charge in [-0.15, -0.1) is 0 Å². The van der Waals surface area contributed by atoms with Crippen LogP contribution in [-0.2, 0) is 9.47 Å². The van der Waals surface area contributed by atoms with Gasteiger partial charge in [0.2, 0.25) is 6.41 Å². The van der Waals surface area contributed by atoms with Gasteiger partial charge in [-0.3, -0.25) is 4.57 Å². The van der Waals surface area contributed by atoms with Crippen LogP contribution < -0.4 is 0 Å². The molecule has 1 heterocycles. The predicted octanol–water partition coefficient (Wildman–Crippen LogP) is 4.22. The molecular weight excluding hydrogens is 295 g/mol. The number of hydrogen-bond donors (Lipinski definition) is 0. The van der Waals surface area contributed by atoms with Crippen LogP contribution in [0.3, 0.4) is 0 Å². The SMILES string of the molecule is CCOC(OCC)n1cccc1/C=C(\C#N)c1cccc(F)c1. The second kappa shape index (κ2) is 8.28. The molecule has 0 N–H and O–H groups in total. The molecule has 2 aromatic rings. The lowest BCUT2D eigenvalue weighted by atomic mass is 10.1. The monoisotopic (exact) mass is 314 g/mol. The zero-order valence-electron chi connectivity index (χ0n) is 13.2. The van der Waals surface area contributed by atoms with Crippen LogP contribution in [0, 0.1) is 17.1 Å². The van der Waals surface area contributed by atoms with Gasteiger partial charge in [-0.1, -0.05) is 12.1 Å². The Balaban J connectivity index is 2.38. The van der Waals surface area contributed by atoms with Gasteiger partial charge in [0.05, 0.1) is 11.6 Å². The third kappa shape index (κ3) is 4.28. The van der Waals surface area contributed by atoms with Gasteiger partial charge >= 0.3 is 0 Å². The molecule has 120 valence electrons. The average molecular weight is 314 g/mol. The summed E-state index contributed by atoms with van der Waals surface area (Å²) < 4.78 is 26.3. The third-order valence-electron chi connectivity index (χ3n) is 3.21. The summed E-state index contributed by atoms with van der Waals surface area (Å²) in [5.41, 5.74) is 1.65. The van der Waals surface area contributed by atoms with Crippen molar-refractivity contribution >= 4 is 11.6 Å². The standard InChI is InChI=1S/C18H19FN2O2/c1-3-22-18(23-4-2)21-10-6-9-17(21)12-15(13-20)14-7-5-8-16(19)11-14/h5-12,18H,3-4H2,1-2H3/b15-12+. The molecule has 0 aliphatic carbocycles. The number of halogens is 1. The maximum atomic E-state index is 13.4. The summed E-state index contributed by atoms with van der Waals surface area (Å²) in [7, 11) is 0. The van der Waals surface area contributed by atoms with Gasteiger partial charge in [-0.2, -0.15) is 5.26 Å². The summed E-state index contributed by atoms with van der Waals surface area (Å²) in [4.78, 5) is 0. The molecule has 2 rings (SSSR count). The highest BCUT2D eigenvalue weighted by molar-refractivity contribution is 5.89. The molecule has 4 nitrogen and oxygen atoms in total. The molecule has 0 unspecified atom stereocenters. The fraction of sp³-hybridized carbons (Fsp3) is 0.278. The number of nitriles is 1. The predicted molar refractivity (Wildman–Crippen MR) is 86.6 cm³/mol. The smallest absolute Gasteiger partial charge is 0.244 e. The van der Waals surface area contributed by atoms with E-state index < -0.39 is 6.41 Å². The van der Waals surface area contributed by atoms with Crippen LogP contribution in [0.15, 0.2) is 42.6 Å². The maximum absolute atomic E-state index is 13.4. The molecule has 5 heteroatoms. The Morgan fingerprint density at radius 1 is 1.26 bits per heavy atom. The summed E-state index contributed by atoms with van der Waals surface area (Å²) in [5.74, 6) is -0.374. The molecule has 0 spiro atoms. The minimum absolute atomic E-state index is 0.371. The largest absolute Gasteiger partial charge is 0.335 e. The molecule has 0 bridgehead atoms. The summed E-state index contributed by atoms with van der Waals surface area (Å²) >= 11 is 0. The Morgan fingerprint density at radius 3 is 2.61 bits per heavy atom. The van der Waals surface area contributed by atoms with Crippen LogP contribution in [0.2, 0.25) is 0 Å². The second-order valence-corrected chi connectivity index (χ2v) is 4.74. The first-order valence-electron chi connectivity index (χ1n) is 7.47. The Labute approximate surface area is 135 Å². The Hall–Kier alpha value is -2.42. The molecule has 0 saturated heterocycles. The van der Waals surface area contributed by atoms with Gasteiger partial charge in [-0.25, -0.2) is 4.39 Å². The van der Waals surface area contributed by atoms with Crippen LogP contribution in [0.5, 0.6) is 0 Å². The lowest BCUT2D eigenvalue weighted by Gasteiger charge is -2.20. The first-order chi connectivity index (χ1) is 11.2. The molecule has 1 aromatic carbocycles. The minimum atomic E-state index is -0.557. The molecule has 0 fully saturated rings. The van der Waals surface area contributed by atoms with Gasteiger partial charge in [-0.05, 0) is 49.8 Å². The zero-order chi connectivity index (χ0) is 16.7. The van der Waals surface area contributed by atoms with Crippen LogP contribution in [0.25, 0.3) is 11.6 Å². The topological polar surface area (TPSA) is 47.2 Å². The summed E-state index contributed by atoms with van der Waals surface area (Å²) in [5, 5.41) is 9.39. The molecule has 1 aromatic heterocycles. The van der Waals surface area contributed by atoms with Crippen molar-refractivity contribution in [2.45, 2.75) is 20.3 Å². The quantitative estimate of drug-likeness (QED) is 0.568. The molecule has 0 aliphatic rings. The van der Waals surface area contributed by atoms with Crippen LogP contribution >= 0.6 is 0 Å². The Kier molecular flexibility index (Phi) is 6.10. The van der Waals surface area contributed by atoms with Gasteiger partial charge in [0, 0.05) is 25.1 Å². The fourth-order valence-electron chi connectivity index (χ4n) is 2.20. The van der Waals surface area contributed by atoms with Crippen molar-refractivity contribution < 1.29 is 13.9 Å². The van der Waals surface area contributed by atoms with E-state index in [9.17, 15) is 9.65 Å². The first kappa shape index (κ1) is 16.9. The Morgan fingerprint density at radius 2 is 2.00 bits per heavy atom. The maximum Gasteiger partial charge on any atom is 0.244 e. The van der Waals surface area contributed by atoms with E-state index in [4.69, 9.17) is 9.47 Å². The summed E-state index contributed by atoms with van der Waals surface area (Å²) in [6, 6.07) is 11.8. The number of rotatable bonds is 7. The lowest BCUT2D eigenvalue weighted by molar-refractivity contribution is -0.186. The van der Waals surface area contributed by atoms with Gasteiger partial charge in [0.1, 0.15) is 5.82 Å². The van der Waals surface area contributed by atoms with E-state index in [1.165, 1.54) is 12.1 Å². The van der Waals surface area contributed by atoms with Crippen molar-refractivity contribution in [3.8, 4) is 6.07 Å². The van der Waals surface area contributed by atoms with E-state index >= 15 is 0 Å². The van der Waals surface area contributed by atoms with Gasteiger partial charge in [0.25, 0.3) is 0 Å². The molecule has 0 aliphatic heterocycles. The number of aromatic nitrogens is 1. The zero-order valence-corrected chi connectivity index (χ0v) is 13.2. The number of ether oxygens (including phenoxy) is 2. The molecular formula is C18H19FN2O2. The summed E-state index contributed by atoms with van der Waals surface area (Å²) in [6.45, 7) is 4.78. The number of benzene rings is 1. The van der Waals surface area contributed by atoms with E-state index in [1.807, 2.05) is 32.2 Å². The highest BCUT2D eigenvalue weighted by atomic mass is 19.1. The first-order valence-corrected chi connectivity index (χ1v) is 7.47. The van der Waals surface area contributed by atoms with Gasteiger partial charge < -0.3 is 9.47 Å². The highest BCUT2D eigenvalue weighted by Crippen LogP contribution is 2.22. The minimum Gasteiger partial charge on any atom is -0.335 e. The van der Waals surface area contributed by atoms with Crippen molar-refractivity contribution in [3.05, 3.63) is 59.7 Å². The number of hydrogen-bond acceptors (Lipinski definition) is 3. The van der Waals surface area contributed by atoms with E-state index in [2.05, 4.69) is 6.07 Å². The van der Waals surface area contributed by atoms with Crippen molar-refractivity contribution in [1.82, 2.24) is 4.57 Å². The van der Waals surface area contributed by atoms with Crippen molar-refractivity contribution in [2.24, 2.45) is 0 Å².